The number of hydrogen-bond donors (Lipinski definition) is 0. The number of carbonyl (C=O) groups is 1. The molecule has 3 rings (SSSR count). The number of rotatable bonds is 1. The van der Waals surface area contributed by atoms with E-state index in [-0.39, 0.29) is 5.78 Å². The number of Topliss-reactive ketones (excluding diaryl/α,β-unsaturated/α-hetero) is 1. The van der Waals surface area contributed by atoms with Crippen molar-refractivity contribution in [2.24, 2.45) is 0 Å². The van der Waals surface area contributed by atoms with Crippen LogP contribution in [0, 0.1) is 0 Å². The molecule has 1 aliphatic rings. The van der Waals surface area contributed by atoms with Crippen molar-refractivity contribution < 1.29 is 9.53 Å². The van der Waals surface area contributed by atoms with E-state index in [4.69, 9.17) is 4.74 Å². The number of ether oxygens (including phenoxy) is 1. The Morgan fingerprint density at radius 3 is 2.14 bits per heavy atom. The number of allylic oxidation sites excluding steroid dienone is 4. The van der Waals surface area contributed by atoms with E-state index in [1.165, 1.54) is 0 Å². The fourth-order valence-corrected chi connectivity index (χ4v) is 2.32. The van der Waals surface area contributed by atoms with Crippen LogP contribution in [0.3, 0.4) is 0 Å². The Kier molecular flexibility index (Phi) is 3.44. The first-order valence-corrected chi connectivity index (χ1v) is 6.93. The first-order chi connectivity index (χ1) is 10.2. The molecule has 0 spiro atoms. The molecule has 1 heterocycles. The summed E-state index contributed by atoms with van der Waals surface area (Å²) in [6.45, 7) is 4.02. The maximum absolute atomic E-state index is 12.8. The van der Waals surface area contributed by atoms with E-state index in [2.05, 4.69) is 0 Å². The minimum Gasteiger partial charge on any atom is -0.456 e. The second-order valence-corrected chi connectivity index (χ2v) is 5.25. The van der Waals surface area contributed by atoms with Gasteiger partial charge in [0.15, 0.2) is 5.78 Å². The van der Waals surface area contributed by atoms with Gasteiger partial charge >= 0.3 is 0 Å². The standard InChI is InChI=1S/C19H16O2/c1-13(2)11-12-15-14-7-3-5-9-17(14)21-18-10-6-4-8-16(18)19(15)20/h3-12H,1-2H3/b15-12+. The molecule has 0 bridgehead atoms. The Labute approximate surface area is 124 Å². The van der Waals surface area contributed by atoms with Crippen LogP contribution in [0.5, 0.6) is 11.5 Å². The Morgan fingerprint density at radius 2 is 1.48 bits per heavy atom. The van der Waals surface area contributed by atoms with E-state index in [0.717, 1.165) is 11.1 Å². The fraction of sp³-hybridized carbons (Fsp3) is 0.105. The summed E-state index contributed by atoms with van der Waals surface area (Å²) in [5.41, 5.74) is 3.24. The minimum absolute atomic E-state index is 0.00644. The summed E-state index contributed by atoms with van der Waals surface area (Å²) in [4.78, 5) is 12.8. The van der Waals surface area contributed by atoms with Gasteiger partial charge in [-0.25, -0.2) is 0 Å². The second kappa shape index (κ2) is 5.41. The molecule has 0 saturated carbocycles. The highest BCUT2D eigenvalue weighted by Crippen LogP contribution is 2.38. The van der Waals surface area contributed by atoms with E-state index < -0.39 is 0 Å². The van der Waals surface area contributed by atoms with Crippen LogP contribution in [-0.4, -0.2) is 5.78 Å². The highest BCUT2D eigenvalue weighted by molar-refractivity contribution is 6.31. The zero-order chi connectivity index (χ0) is 14.8. The van der Waals surface area contributed by atoms with Crippen molar-refractivity contribution in [3.8, 4) is 11.5 Å². The molecular weight excluding hydrogens is 260 g/mol. The molecule has 21 heavy (non-hydrogen) atoms. The van der Waals surface area contributed by atoms with Gasteiger partial charge in [-0.15, -0.1) is 0 Å². The first kappa shape index (κ1) is 13.4. The molecule has 2 aromatic carbocycles. The molecule has 0 atom stereocenters. The summed E-state index contributed by atoms with van der Waals surface area (Å²) >= 11 is 0. The summed E-state index contributed by atoms with van der Waals surface area (Å²) in [5, 5.41) is 0. The van der Waals surface area contributed by atoms with Gasteiger partial charge in [0.05, 0.1) is 5.56 Å². The quantitative estimate of drug-likeness (QED) is 0.683. The summed E-state index contributed by atoms with van der Waals surface area (Å²) in [6.07, 6.45) is 3.83. The molecule has 0 fully saturated rings. The number of para-hydroxylation sites is 2. The lowest BCUT2D eigenvalue weighted by Gasteiger charge is -2.07. The third kappa shape index (κ3) is 2.52. The van der Waals surface area contributed by atoms with Crippen LogP contribution in [0.15, 0.2) is 66.3 Å². The van der Waals surface area contributed by atoms with Gasteiger partial charge in [0.1, 0.15) is 11.5 Å². The van der Waals surface area contributed by atoms with Gasteiger partial charge in [0.2, 0.25) is 0 Å². The van der Waals surface area contributed by atoms with E-state index in [1.54, 1.807) is 6.07 Å². The van der Waals surface area contributed by atoms with Crippen LogP contribution in [0.1, 0.15) is 29.8 Å². The Morgan fingerprint density at radius 1 is 0.905 bits per heavy atom. The maximum Gasteiger partial charge on any atom is 0.197 e. The van der Waals surface area contributed by atoms with Gasteiger partial charge in [-0.3, -0.25) is 4.79 Å². The van der Waals surface area contributed by atoms with E-state index in [9.17, 15) is 4.79 Å². The van der Waals surface area contributed by atoms with E-state index in [0.29, 0.717) is 22.6 Å². The average molecular weight is 276 g/mol. The van der Waals surface area contributed by atoms with Crippen molar-refractivity contribution in [3.05, 3.63) is 77.4 Å². The molecule has 0 aromatic heterocycles. The van der Waals surface area contributed by atoms with Crippen LogP contribution in [0.4, 0.5) is 0 Å². The predicted molar refractivity (Wildman–Crippen MR) is 84.7 cm³/mol. The zero-order valence-electron chi connectivity index (χ0n) is 12.1. The van der Waals surface area contributed by atoms with Crippen LogP contribution >= 0.6 is 0 Å². The molecule has 0 amide bonds. The number of carbonyl (C=O) groups excluding carboxylic acids is 1. The van der Waals surface area contributed by atoms with Crippen molar-refractivity contribution in [3.63, 3.8) is 0 Å². The zero-order valence-corrected chi connectivity index (χ0v) is 12.1. The summed E-state index contributed by atoms with van der Waals surface area (Å²) in [7, 11) is 0. The normalized spacial score (nSPS) is 14.8. The lowest BCUT2D eigenvalue weighted by molar-refractivity contribution is 0.105. The predicted octanol–water partition coefficient (Wildman–Crippen LogP) is 5.02. The molecule has 104 valence electrons. The molecule has 0 aliphatic carbocycles. The molecular formula is C19H16O2. The summed E-state index contributed by atoms with van der Waals surface area (Å²) in [6, 6.07) is 15.0. The largest absolute Gasteiger partial charge is 0.456 e. The average Bonchev–Trinajstić information content (AvgIpc) is 2.60. The smallest absolute Gasteiger partial charge is 0.197 e. The second-order valence-electron chi connectivity index (χ2n) is 5.25. The Balaban J connectivity index is 2.26. The fourth-order valence-electron chi connectivity index (χ4n) is 2.32. The van der Waals surface area contributed by atoms with Crippen molar-refractivity contribution in [2.75, 3.05) is 0 Å². The van der Waals surface area contributed by atoms with Gasteiger partial charge in [0.25, 0.3) is 0 Å². The van der Waals surface area contributed by atoms with Gasteiger partial charge in [-0.05, 0) is 32.0 Å². The number of hydrogen-bond acceptors (Lipinski definition) is 2. The van der Waals surface area contributed by atoms with Crippen molar-refractivity contribution in [2.45, 2.75) is 13.8 Å². The molecule has 2 heteroatoms. The summed E-state index contributed by atoms with van der Waals surface area (Å²) in [5.74, 6) is 1.31. The molecule has 2 aromatic rings. The first-order valence-electron chi connectivity index (χ1n) is 6.93. The third-order valence-corrected chi connectivity index (χ3v) is 3.36. The molecule has 0 unspecified atom stereocenters. The summed E-state index contributed by atoms with van der Waals surface area (Å²) < 4.78 is 5.93. The van der Waals surface area contributed by atoms with Crippen molar-refractivity contribution in [1.29, 1.82) is 0 Å². The van der Waals surface area contributed by atoms with Crippen LogP contribution in [0.2, 0.25) is 0 Å². The Bertz CT molecular complexity index is 763. The lowest BCUT2D eigenvalue weighted by atomic mass is 9.96. The number of ketones is 1. The van der Waals surface area contributed by atoms with Gasteiger partial charge in [-0.1, -0.05) is 48.1 Å². The molecule has 0 radical (unpaired) electrons. The van der Waals surface area contributed by atoms with Crippen LogP contribution in [-0.2, 0) is 0 Å². The minimum atomic E-state index is -0.00644. The van der Waals surface area contributed by atoms with Crippen molar-refractivity contribution in [1.82, 2.24) is 0 Å². The monoisotopic (exact) mass is 276 g/mol. The topological polar surface area (TPSA) is 26.3 Å². The number of benzene rings is 2. The third-order valence-electron chi connectivity index (χ3n) is 3.36. The highest BCUT2D eigenvalue weighted by atomic mass is 16.5. The molecule has 1 aliphatic heterocycles. The van der Waals surface area contributed by atoms with Crippen LogP contribution in [0.25, 0.3) is 5.57 Å². The van der Waals surface area contributed by atoms with Gasteiger partial charge < -0.3 is 4.74 Å². The van der Waals surface area contributed by atoms with Gasteiger partial charge in [0, 0.05) is 11.1 Å². The lowest BCUT2D eigenvalue weighted by Crippen LogP contribution is -2.00. The maximum atomic E-state index is 12.8. The Hall–Kier alpha value is -2.61. The molecule has 0 saturated heterocycles. The SMILES string of the molecule is CC(C)=C/C=C1/C(=O)c2ccccc2Oc2ccccc21. The van der Waals surface area contributed by atoms with E-state index in [1.807, 2.05) is 68.5 Å². The highest BCUT2D eigenvalue weighted by Gasteiger charge is 2.24. The van der Waals surface area contributed by atoms with Crippen LogP contribution < -0.4 is 4.74 Å². The number of fused-ring (bicyclic) bond motifs is 2. The molecule has 0 N–H and O–H groups in total. The van der Waals surface area contributed by atoms with Crippen molar-refractivity contribution >= 4 is 11.4 Å². The van der Waals surface area contributed by atoms with Gasteiger partial charge in [-0.2, -0.15) is 0 Å². The van der Waals surface area contributed by atoms with E-state index >= 15 is 0 Å². The molecule has 2 nitrogen and oxygen atoms in total.